The summed E-state index contributed by atoms with van der Waals surface area (Å²) in [4.78, 5) is 12.4. The highest BCUT2D eigenvalue weighted by atomic mass is 16.2. The number of hydrogen-bond acceptors (Lipinski definition) is 5. The van der Waals surface area contributed by atoms with E-state index >= 15 is 0 Å². The van der Waals surface area contributed by atoms with Gasteiger partial charge in [-0.15, -0.1) is 5.10 Å². The van der Waals surface area contributed by atoms with Crippen molar-refractivity contribution in [1.29, 1.82) is 0 Å². The fourth-order valence-corrected chi connectivity index (χ4v) is 2.08. The topological polar surface area (TPSA) is 84.7 Å². The number of tetrazole rings is 1. The first-order chi connectivity index (χ1) is 10.2. The molecule has 1 aromatic heterocycles. The fourth-order valence-electron chi connectivity index (χ4n) is 2.08. The van der Waals surface area contributed by atoms with Crippen molar-refractivity contribution >= 4 is 5.91 Å². The van der Waals surface area contributed by atoms with E-state index in [2.05, 4.69) is 26.2 Å². The van der Waals surface area contributed by atoms with Gasteiger partial charge in [-0.25, -0.2) is 4.68 Å². The molecular weight excluding hydrogens is 268 g/mol. The number of aryl methyl sites for hydroxylation is 1. The Kier molecular flexibility index (Phi) is 5.39. The number of carbonyl (C=O) groups is 1. The van der Waals surface area contributed by atoms with Gasteiger partial charge in [-0.2, -0.15) is 0 Å². The number of carbonyl (C=O) groups excluding carboxylic acids is 1. The zero-order valence-corrected chi connectivity index (χ0v) is 12.3. The summed E-state index contributed by atoms with van der Waals surface area (Å²) in [7, 11) is 1.85. The molecule has 1 atom stereocenters. The quantitative estimate of drug-likeness (QED) is 0.706. The number of likely N-dealkylation sites (N-methyl/N-ethyl adjacent to an activating group) is 1. The third-order valence-electron chi connectivity index (χ3n) is 3.20. The van der Waals surface area contributed by atoms with Gasteiger partial charge in [-0.3, -0.25) is 4.79 Å². The Morgan fingerprint density at radius 1 is 1.29 bits per heavy atom. The number of rotatable bonds is 7. The minimum Gasteiger partial charge on any atom is -0.353 e. The number of benzene rings is 1. The Balaban J connectivity index is 2.15. The van der Waals surface area contributed by atoms with Gasteiger partial charge >= 0.3 is 0 Å². The van der Waals surface area contributed by atoms with Crippen LogP contribution in [0.1, 0.15) is 17.4 Å². The molecule has 7 nitrogen and oxygen atoms in total. The molecule has 2 rings (SSSR count). The van der Waals surface area contributed by atoms with Crippen molar-refractivity contribution in [2.45, 2.75) is 19.4 Å². The molecule has 0 spiro atoms. The van der Waals surface area contributed by atoms with Crippen molar-refractivity contribution in [3.05, 3.63) is 41.7 Å². The second-order valence-corrected chi connectivity index (χ2v) is 4.77. The van der Waals surface area contributed by atoms with Crippen LogP contribution in [0.2, 0.25) is 0 Å². The minimum absolute atomic E-state index is 0.0792. The number of aromatic nitrogens is 4. The minimum atomic E-state index is -0.445. The summed E-state index contributed by atoms with van der Waals surface area (Å²) in [5.41, 5.74) is 1.07. The van der Waals surface area contributed by atoms with E-state index in [1.165, 1.54) is 0 Å². The SMILES string of the molecule is CNCCNC(=O)C(Cc1ccccc1)n1nnnc1C. The Bertz CT molecular complexity index is 568. The lowest BCUT2D eigenvalue weighted by atomic mass is 10.1. The van der Waals surface area contributed by atoms with E-state index in [1.807, 2.05) is 37.4 Å². The highest BCUT2D eigenvalue weighted by molar-refractivity contribution is 5.80. The van der Waals surface area contributed by atoms with E-state index in [9.17, 15) is 4.79 Å². The molecule has 112 valence electrons. The summed E-state index contributed by atoms with van der Waals surface area (Å²) < 4.78 is 1.57. The van der Waals surface area contributed by atoms with E-state index in [-0.39, 0.29) is 5.91 Å². The van der Waals surface area contributed by atoms with Gasteiger partial charge in [0, 0.05) is 19.5 Å². The Morgan fingerprint density at radius 3 is 2.67 bits per heavy atom. The molecule has 0 aliphatic carbocycles. The fraction of sp³-hybridized carbons (Fsp3) is 0.429. The summed E-state index contributed by atoms with van der Waals surface area (Å²) in [6.07, 6.45) is 0.554. The van der Waals surface area contributed by atoms with Crippen LogP contribution in [0.4, 0.5) is 0 Å². The van der Waals surface area contributed by atoms with Gasteiger partial charge < -0.3 is 10.6 Å². The average Bonchev–Trinajstić information content (AvgIpc) is 2.92. The van der Waals surface area contributed by atoms with E-state index in [1.54, 1.807) is 11.6 Å². The standard InChI is InChI=1S/C14H20N6O/c1-11-17-18-19-20(11)13(14(21)16-9-8-15-2)10-12-6-4-3-5-7-12/h3-7,13,15H,8-10H2,1-2H3,(H,16,21). The maximum Gasteiger partial charge on any atom is 0.245 e. The largest absolute Gasteiger partial charge is 0.353 e. The Labute approximate surface area is 123 Å². The summed E-state index contributed by atoms with van der Waals surface area (Å²) in [6.45, 7) is 3.08. The lowest BCUT2D eigenvalue weighted by molar-refractivity contribution is -0.124. The summed E-state index contributed by atoms with van der Waals surface area (Å²) in [5, 5.41) is 17.3. The predicted octanol–water partition coefficient (Wildman–Crippen LogP) is 0.101. The van der Waals surface area contributed by atoms with Gasteiger partial charge in [0.1, 0.15) is 11.9 Å². The molecule has 0 saturated heterocycles. The third kappa shape index (κ3) is 4.09. The molecule has 1 unspecified atom stereocenters. The number of amides is 1. The maximum atomic E-state index is 12.4. The first kappa shape index (κ1) is 15.1. The molecule has 0 fully saturated rings. The monoisotopic (exact) mass is 288 g/mol. The van der Waals surface area contributed by atoms with Crippen LogP contribution in [0.15, 0.2) is 30.3 Å². The van der Waals surface area contributed by atoms with E-state index in [0.29, 0.717) is 18.8 Å². The van der Waals surface area contributed by atoms with E-state index in [4.69, 9.17) is 0 Å². The molecule has 1 amide bonds. The molecule has 2 aromatic rings. The van der Waals surface area contributed by atoms with Crippen LogP contribution in [0.3, 0.4) is 0 Å². The highest BCUT2D eigenvalue weighted by Gasteiger charge is 2.23. The molecule has 21 heavy (non-hydrogen) atoms. The normalized spacial score (nSPS) is 12.1. The van der Waals surface area contributed by atoms with Gasteiger partial charge in [0.25, 0.3) is 0 Å². The molecular formula is C14H20N6O. The molecule has 0 bridgehead atoms. The molecule has 7 heteroatoms. The van der Waals surface area contributed by atoms with Crippen LogP contribution in [-0.4, -0.2) is 46.3 Å². The number of nitrogens with one attached hydrogen (secondary N) is 2. The highest BCUT2D eigenvalue weighted by Crippen LogP contribution is 2.14. The predicted molar refractivity (Wildman–Crippen MR) is 78.7 cm³/mol. The van der Waals surface area contributed by atoms with Crippen LogP contribution in [0.25, 0.3) is 0 Å². The lowest BCUT2D eigenvalue weighted by Crippen LogP contribution is -2.38. The average molecular weight is 288 g/mol. The Morgan fingerprint density at radius 2 is 2.05 bits per heavy atom. The third-order valence-corrected chi connectivity index (χ3v) is 3.20. The Hall–Kier alpha value is -2.28. The van der Waals surface area contributed by atoms with Crippen molar-refractivity contribution in [2.24, 2.45) is 0 Å². The molecule has 1 aromatic carbocycles. The number of hydrogen-bond donors (Lipinski definition) is 2. The van der Waals surface area contributed by atoms with Crippen molar-refractivity contribution < 1.29 is 4.79 Å². The van der Waals surface area contributed by atoms with Crippen LogP contribution in [0.5, 0.6) is 0 Å². The smallest absolute Gasteiger partial charge is 0.245 e. The van der Waals surface area contributed by atoms with Gasteiger partial charge in [-0.1, -0.05) is 30.3 Å². The maximum absolute atomic E-state index is 12.4. The molecule has 0 aliphatic rings. The van der Waals surface area contributed by atoms with Gasteiger partial charge in [0.15, 0.2) is 0 Å². The van der Waals surface area contributed by atoms with Crippen LogP contribution >= 0.6 is 0 Å². The molecule has 1 heterocycles. The van der Waals surface area contributed by atoms with Crippen molar-refractivity contribution in [2.75, 3.05) is 20.1 Å². The summed E-state index contributed by atoms with van der Waals surface area (Å²) in [5.74, 6) is 0.546. The van der Waals surface area contributed by atoms with Crippen LogP contribution in [-0.2, 0) is 11.2 Å². The first-order valence-corrected chi connectivity index (χ1v) is 6.93. The molecule has 2 N–H and O–H groups in total. The second-order valence-electron chi connectivity index (χ2n) is 4.77. The first-order valence-electron chi connectivity index (χ1n) is 6.93. The summed E-state index contributed by atoms with van der Waals surface area (Å²) in [6, 6.07) is 9.41. The van der Waals surface area contributed by atoms with Gasteiger partial charge in [0.05, 0.1) is 0 Å². The molecule has 0 aliphatic heterocycles. The van der Waals surface area contributed by atoms with E-state index in [0.717, 1.165) is 12.1 Å². The second kappa shape index (κ2) is 7.49. The van der Waals surface area contributed by atoms with Gasteiger partial charge in [0.2, 0.25) is 5.91 Å². The van der Waals surface area contributed by atoms with Crippen LogP contribution < -0.4 is 10.6 Å². The number of nitrogens with zero attached hydrogens (tertiary/aromatic N) is 4. The summed E-state index contributed by atoms with van der Waals surface area (Å²) >= 11 is 0. The van der Waals surface area contributed by atoms with Gasteiger partial charge in [-0.05, 0) is 30.0 Å². The van der Waals surface area contributed by atoms with Crippen LogP contribution in [0, 0.1) is 6.92 Å². The molecule has 0 radical (unpaired) electrons. The molecule has 0 saturated carbocycles. The lowest BCUT2D eigenvalue weighted by Gasteiger charge is -2.17. The van der Waals surface area contributed by atoms with Crippen molar-refractivity contribution in [1.82, 2.24) is 30.8 Å². The van der Waals surface area contributed by atoms with Crippen molar-refractivity contribution in [3.8, 4) is 0 Å². The zero-order chi connectivity index (χ0) is 15.1. The van der Waals surface area contributed by atoms with Crippen molar-refractivity contribution in [3.63, 3.8) is 0 Å². The zero-order valence-electron chi connectivity index (χ0n) is 12.3. The van der Waals surface area contributed by atoms with E-state index < -0.39 is 6.04 Å².